The molecule has 0 radical (unpaired) electrons. The lowest BCUT2D eigenvalue weighted by Crippen LogP contribution is -2.50. The molecule has 1 aromatic heterocycles. The number of nitrogens with zero attached hydrogens (tertiary/aromatic N) is 5. The molecule has 2 aliphatic heterocycles. The van der Waals surface area contributed by atoms with E-state index in [1.54, 1.807) is 0 Å². The summed E-state index contributed by atoms with van der Waals surface area (Å²) in [6.07, 6.45) is 2.55. The minimum atomic E-state index is 0.224. The molecule has 7 nitrogen and oxygen atoms in total. The van der Waals surface area contributed by atoms with Gasteiger partial charge in [-0.3, -0.25) is 4.90 Å². The average Bonchev–Trinajstić information content (AvgIpc) is 2.85. The zero-order valence-corrected chi connectivity index (χ0v) is 11.2. The minimum Gasteiger partial charge on any atom is -0.464 e. The number of fused-ring (bicyclic) bond motifs is 1. The fourth-order valence-electron chi connectivity index (χ4n) is 2.87. The van der Waals surface area contributed by atoms with Crippen molar-refractivity contribution in [1.29, 1.82) is 0 Å². The second-order valence-corrected chi connectivity index (χ2v) is 4.99. The van der Waals surface area contributed by atoms with E-state index in [2.05, 4.69) is 24.8 Å². The quantitative estimate of drug-likeness (QED) is 0.831. The Morgan fingerprint density at radius 3 is 3.00 bits per heavy atom. The van der Waals surface area contributed by atoms with E-state index in [-0.39, 0.29) is 5.95 Å². The maximum Gasteiger partial charge on any atom is 0.323 e. The maximum atomic E-state index is 5.72. The van der Waals surface area contributed by atoms with E-state index >= 15 is 0 Å². The van der Waals surface area contributed by atoms with Crippen LogP contribution in [0.3, 0.4) is 0 Å². The first-order chi connectivity index (χ1) is 9.26. The number of hydrogen-bond acceptors (Lipinski definition) is 7. The monoisotopic (exact) mass is 264 g/mol. The van der Waals surface area contributed by atoms with Crippen molar-refractivity contribution < 1.29 is 4.74 Å². The molecular formula is C12H20N6O. The van der Waals surface area contributed by atoms with Gasteiger partial charge in [0.05, 0.1) is 6.61 Å². The molecule has 3 rings (SSSR count). The van der Waals surface area contributed by atoms with Gasteiger partial charge in [0.2, 0.25) is 11.9 Å². The number of nitrogens with two attached hydrogens (primary N) is 1. The highest BCUT2D eigenvalue weighted by atomic mass is 16.5. The van der Waals surface area contributed by atoms with Crippen LogP contribution in [0, 0.1) is 0 Å². The van der Waals surface area contributed by atoms with Crippen molar-refractivity contribution in [2.24, 2.45) is 0 Å². The molecule has 1 atom stereocenters. The molecule has 0 aromatic carbocycles. The Balaban J connectivity index is 1.77. The summed E-state index contributed by atoms with van der Waals surface area (Å²) in [6.45, 7) is 6.62. The van der Waals surface area contributed by atoms with E-state index < -0.39 is 0 Å². The first kappa shape index (κ1) is 12.4. The molecule has 0 bridgehead atoms. The number of nitrogen functional groups attached to an aromatic ring is 1. The number of hydrogen-bond donors (Lipinski definition) is 1. The molecule has 0 saturated carbocycles. The minimum absolute atomic E-state index is 0.224. The van der Waals surface area contributed by atoms with Gasteiger partial charge in [-0.1, -0.05) is 0 Å². The van der Waals surface area contributed by atoms with Crippen LogP contribution in [0.25, 0.3) is 0 Å². The van der Waals surface area contributed by atoms with E-state index in [0.717, 1.165) is 19.6 Å². The smallest absolute Gasteiger partial charge is 0.323 e. The summed E-state index contributed by atoms with van der Waals surface area (Å²) < 4.78 is 5.33. The maximum absolute atomic E-state index is 5.72. The molecule has 2 aliphatic rings. The summed E-state index contributed by atoms with van der Waals surface area (Å²) in [5, 5.41) is 0. The van der Waals surface area contributed by atoms with Crippen molar-refractivity contribution >= 4 is 11.9 Å². The third kappa shape index (κ3) is 2.56. The van der Waals surface area contributed by atoms with Crippen LogP contribution in [0.5, 0.6) is 6.01 Å². The van der Waals surface area contributed by atoms with Crippen LogP contribution < -0.4 is 15.4 Å². The first-order valence-electron chi connectivity index (χ1n) is 6.89. The van der Waals surface area contributed by atoms with Gasteiger partial charge in [-0.2, -0.15) is 15.0 Å². The molecule has 0 aliphatic carbocycles. The second-order valence-electron chi connectivity index (χ2n) is 4.99. The molecule has 2 saturated heterocycles. The van der Waals surface area contributed by atoms with E-state index in [4.69, 9.17) is 10.5 Å². The molecule has 104 valence electrons. The van der Waals surface area contributed by atoms with Crippen LogP contribution in [0.1, 0.15) is 19.8 Å². The van der Waals surface area contributed by atoms with E-state index in [9.17, 15) is 0 Å². The molecular weight excluding hydrogens is 244 g/mol. The highest BCUT2D eigenvalue weighted by molar-refractivity contribution is 5.37. The number of ether oxygens (including phenoxy) is 1. The van der Waals surface area contributed by atoms with Crippen molar-refractivity contribution in [3.8, 4) is 6.01 Å². The SMILES string of the molecule is CCOc1nc(N)nc(N2CCN3CCCC3C2)n1. The molecule has 2 fully saturated rings. The van der Waals surface area contributed by atoms with Crippen LogP contribution >= 0.6 is 0 Å². The number of aromatic nitrogens is 3. The van der Waals surface area contributed by atoms with Crippen LogP contribution in [-0.4, -0.2) is 58.7 Å². The summed E-state index contributed by atoms with van der Waals surface area (Å²) >= 11 is 0. The zero-order valence-electron chi connectivity index (χ0n) is 11.2. The van der Waals surface area contributed by atoms with Crippen LogP contribution in [-0.2, 0) is 0 Å². The Hall–Kier alpha value is -1.63. The fraction of sp³-hybridized carbons (Fsp3) is 0.750. The Morgan fingerprint density at radius 2 is 2.16 bits per heavy atom. The van der Waals surface area contributed by atoms with Crippen LogP contribution in [0.15, 0.2) is 0 Å². The summed E-state index contributed by atoms with van der Waals surface area (Å²) in [4.78, 5) is 17.3. The van der Waals surface area contributed by atoms with Gasteiger partial charge in [-0.15, -0.1) is 0 Å². The normalized spacial score (nSPS) is 23.4. The van der Waals surface area contributed by atoms with Gasteiger partial charge in [0.25, 0.3) is 0 Å². The van der Waals surface area contributed by atoms with Gasteiger partial charge in [-0.05, 0) is 26.3 Å². The van der Waals surface area contributed by atoms with Gasteiger partial charge in [0.1, 0.15) is 0 Å². The van der Waals surface area contributed by atoms with Crippen LogP contribution in [0.4, 0.5) is 11.9 Å². The molecule has 19 heavy (non-hydrogen) atoms. The average molecular weight is 264 g/mol. The summed E-state index contributed by atoms with van der Waals surface area (Å²) in [6, 6.07) is 0.945. The summed E-state index contributed by atoms with van der Waals surface area (Å²) in [7, 11) is 0. The highest BCUT2D eigenvalue weighted by Gasteiger charge is 2.31. The Labute approximate surface area is 112 Å². The lowest BCUT2D eigenvalue weighted by molar-refractivity contribution is 0.229. The van der Waals surface area contributed by atoms with E-state index in [1.165, 1.54) is 19.4 Å². The standard InChI is InChI=1S/C12H20N6O/c1-2-19-12-15-10(13)14-11(16-12)18-7-6-17-5-3-4-9(17)8-18/h9H,2-8H2,1H3,(H2,13,14,15,16). The topological polar surface area (TPSA) is 80.4 Å². The molecule has 3 heterocycles. The first-order valence-corrected chi connectivity index (χ1v) is 6.89. The zero-order chi connectivity index (χ0) is 13.2. The summed E-state index contributed by atoms with van der Waals surface area (Å²) in [5.41, 5.74) is 5.72. The van der Waals surface area contributed by atoms with E-state index in [0.29, 0.717) is 24.6 Å². The number of rotatable bonds is 3. The molecule has 1 unspecified atom stereocenters. The van der Waals surface area contributed by atoms with Gasteiger partial charge in [-0.25, -0.2) is 0 Å². The Morgan fingerprint density at radius 1 is 1.26 bits per heavy atom. The van der Waals surface area contributed by atoms with Gasteiger partial charge < -0.3 is 15.4 Å². The summed E-state index contributed by atoms with van der Waals surface area (Å²) in [5.74, 6) is 0.866. The number of piperazine rings is 1. The Bertz CT molecular complexity index is 454. The van der Waals surface area contributed by atoms with Crippen molar-refractivity contribution in [3.63, 3.8) is 0 Å². The molecule has 2 N–H and O–H groups in total. The second kappa shape index (κ2) is 5.16. The lowest BCUT2D eigenvalue weighted by Gasteiger charge is -2.37. The van der Waals surface area contributed by atoms with Crippen LogP contribution in [0.2, 0.25) is 0 Å². The van der Waals surface area contributed by atoms with E-state index in [1.807, 2.05) is 6.92 Å². The Kier molecular flexibility index (Phi) is 3.37. The predicted molar refractivity (Wildman–Crippen MR) is 72.2 cm³/mol. The highest BCUT2D eigenvalue weighted by Crippen LogP contribution is 2.24. The van der Waals surface area contributed by atoms with Gasteiger partial charge >= 0.3 is 6.01 Å². The number of anilines is 2. The third-order valence-electron chi connectivity index (χ3n) is 3.76. The lowest BCUT2D eigenvalue weighted by atomic mass is 10.2. The molecule has 0 amide bonds. The largest absolute Gasteiger partial charge is 0.464 e. The molecule has 1 aromatic rings. The third-order valence-corrected chi connectivity index (χ3v) is 3.76. The molecule has 7 heteroatoms. The van der Waals surface area contributed by atoms with Gasteiger partial charge in [0, 0.05) is 25.7 Å². The van der Waals surface area contributed by atoms with Crippen molar-refractivity contribution in [1.82, 2.24) is 19.9 Å². The fourth-order valence-corrected chi connectivity index (χ4v) is 2.87. The predicted octanol–water partition coefficient (Wildman–Crippen LogP) is 0.137. The van der Waals surface area contributed by atoms with Crippen molar-refractivity contribution in [2.75, 3.05) is 43.4 Å². The van der Waals surface area contributed by atoms with Gasteiger partial charge in [0.15, 0.2) is 0 Å². The van der Waals surface area contributed by atoms with Crippen molar-refractivity contribution in [2.45, 2.75) is 25.8 Å². The van der Waals surface area contributed by atoms with Crippen molar-refractivity contribution in [3.05, 3.63) is 0 Å². The molecule has 0 spiro atoms.